The number of aromatic nitrogens is 1. The van der Waals surface area contributed by atoms with Gasteiger partial charge in [-0.15, -0.1) is 11.3 Å². The van der Waals surface area contributed by atoms with Gasteiger partial charge in [-0.2, -0.15) is 13.2 Å². The number of methoxy groups -OCH3 is 1. The van der Waals surface area contributed by atoms with E-state index < -0.39 is 17.3 Å². The van der Waals surface area contributed by atoms with Gasteiger partial charge in [-0.05, 0) is 62.3 Å². The monoisotopic (exact) mass is 553 g/mol. The molecular weight excluding hydrogens is 519 g/mol. The SMILES string of the molecule is COCc1ncc(C2(O)CCC(N3CCC(CC(=O)CCC(=NO)c4cccc(C(F)(F)F)c4)C3)CC2)s1. The second kappa shape index (κ2) is 12.2. The fourth-order valence-electron chi connectivity index (χ4n) is 5.58. The van der Waals surface area contributed by atoms with Crippen molar-refractivity contribution in [2.24, 2.45) is 11.1 Å². The van der Waals surface area contributed by atoms with Crippen LogP contribution in [0, 0.1) is 5.92 Å². The maximum Gasteiger partial charge on any atom is 0.416 e. The fourth-order valence-corrected chi connectivity index (χ4v) is 6.61. The molecule has 38 heavy (non-hydrogen) atoms. The van der Waals surface area contributed by atoms with Gasteiger partial charge in [0.25, 0.3) is 0 Å². The van der Waals surface area contributed by atoms with Gasteiger partial charge in [0.15, 0.2) is 0 Å². The highest BCUT2D eigenvalue weighted by Gasteiger charge is 2.39. The van der Waals surface area contributed by atoms with Crippen molar-refractivity contribution in [1.82, 2.24) is 9.88 Å². The number of ether oxygens (including phenoxy) is 1. The minimum atomic E-state index is -4.49. The predicted molar refractivity (Wildman–Crippen MR) is 137 cm³/mol. The van der Waals surface area contributed by atoms with E-state index in [4.69, 9.17) is 4.74 Å². The summed E-state index contributed by atoms with van der Waals surface area (Å²) >= 11 is 1.50. The molecule has 0 amide bonds. The van der Waals surface area contributed by atoms with E-state index in [0.717, 1.165) is 54.4 Å². The Bertz CT molecular complexity index is 1130. The summed E-state index contributed by atoms with van der Waals surface area (Å²) in [5, 5.41) is 24.6. The Balaban J connectivity index is 1.23. The average Bonchev–Trinajstić information content (AvgIpc) is 3.55. The molecule has 1 unspecified atom stereocenters. The lowest BCUT2D eigenvalue weighted by Gasteiger charge is -2.39. The summed E-state index contributed by atoms with van der Waals surface area (Å²) in [6.45, 7) is 2.17. The molecule has 1 aromatic carbocycles. The number of halogens is 3. The zero-order chi connectivity index (χ0) is 27.3. The molecule has 1 aromatic heterocycles. The molecule has 1 aliphatic heterocycles. The number of Topliss-reactive ketones (excluding diaryl/α,β-unsaturated/α-hetero) is 1. The Kier molecular flexibility index (Phi) is 9.23. The Morgan fingerprint density at radius 2 is 2.03 bits per heavy atom. The van der Waals surface area contributed by atoms with E-state index >= 15 is 0 Å². The number of carbonyl (C=O) groups is 1. The number of hydrogen-bond donors (Lipinski definition) is 2. The van der Waals surface area contributed by atoms with Gasteiger partial charge in [-0.3, -0.25) is 4.79 Å². The second-order valence-electron chi connectivity index (χ2n) is 10.3. The van der Waals surface area contributed by atoms with Crippen LogP contribution in [0.15, 0.2) is 35.6 Å². The van der Waals surface area contributed by atoms with Crippen LogP contribution in [-0.4, -0.2) is 57.9 Å². The maximum absolute atomic E-state index is 13.0. The number of aliphatic hydroxyl groups is 1. The lowest BCUT2D eigenvalue weighted by Crippen LogP contribution is -2.41. The molecule has 11 heteroatoms. The lowest BCUT2D eigenvalue weighted by molar-refractivity contribution is -0.137. The Morgan fingerprint density at radius 3 is 2.71 bits per heavy atom. The molecule has 1 aliphatic carbocycles. The summed E-state index contributed by atoms with van der Waals surface area (Å²) in [4.78, 5) is 20.3. The quantitative estimate of drug-likeness (QED) is 0.233. The molecule has 4 rings (SSSR count). The highest BCUT2D eigenvalue weighted by Crippen LogP contribution is 2.42. The van der Waals surface area contributed by atoms with Gasteiger partial charge in [-0.25, -0.2) is 4.98 Å². The van der Waals surface area contributed by atoms with Gasteiger partial charge in [0.05, 0.1) is 22.8 Å². The third kappa shape index (κ3) is 6.99. The molecule has 208 valence electrons. The molecule has 2 aromatic rings. The van der Waals surface area contributed by atoms with Crippen LogP contribution in [0.1, 0.15) is 72.4 Å². The molecule has 2 heterocycles. The fraction of sp³-hybridized carbons (Fsp3) is 0.593. The zero-order valence-electron chi connectivity index (χ0n) is 21.4. The Labute approximate surface area is 224 Å². The number of ketones is 1. The number of rotatable bonds is 10. The minimum Gasteiger partial charge on any atom is -0.411 e. The van der Waals surface area contributed by atoms with Gasteiger partial charge >= 0.3 is 6.18 Å². The van der Waals surface area contributed by atoms with E-state index in [1.807, 2.05) is 0 Å². The van der Waals surface area contributed by atoms with Crippen molar-refractivity contribution in [3.63, 3.8) is 0 Å². The largest absolute Gasteiger partial charge is 0.416 e. The van der Waals surface area contributed by atoms with Crippen molar-refractivity contribution < 1.29 is 33.0 Å². The van der Waals surface area contributed by atoms with Crippen LogP contribution in [0.3, 0.4) is 0 Å². The van der Waals surface area contributed by atoms with Gasteiger partial charge in [0.1, 0.15) is 16.4 Å². The molecule has 0 radical (unpaired) electrons. The number of nitrogens with zero attached hydrogens (tertiary/aromatic N) is 3. The van der Waals surface area contributed by atoms with Crippen molar-refractivity contribution in [3.05, 3.63) is 51.5 Å². The van der Waals surface area contributed by atoms with E-state index in [1.165, 1.54) is 23.5 Å². The van der Waals surface area contributed by atoms with Gasteiger partial charge in [0, 0.05) is 45.2 Å². The van der Waals surface area contributed by atoms with Crippen molar-refractivity contribution >= 4 is 22.8 Å². The van der Waals surface area contributed by atoms with Crippen LogP contribution >= 0.6 is 11.3 Å². The van der Waals surface area contributed by atoms with Crippen molar-refractivity contribution in [2.75, 3.05) is 20.2 Å². The van der Waals surface area contributed by atoms with Gasteiger partial charge < -0.3 is 20.0 Å². The van der Waals surface area contributed by atoms with Crippen molar-refractivity contribution in [1.29, 1.82) is 0 Å². The van der Waals surface area contributed by atoms with Crippen molar-refractivity contribution in [2.45, 2.75) is 75.8 Å². The van der Waals surface area contributed by atoms with E-state index in [2.05, 4.69) is 15.0 Å². The van der Waals surface area contributed by atoms with Gasteiger partial charge in [-0.1, -0.05) is 17.3 Å². The molecule has 2 aliphatic rings. The number of likely N-dealkylation sites (tertiary alicyclic amines) is 1. The number of carbonyl (C=O) groups excluding carboxylic acids is 1. The van der Waals surface area contributed by atoms with Gasteiger partial charge in [0.2, 0.25) is 0 Å². The Morgan fingerprint density at radius 1 is 1.26 bits per heavy atom. The van der Waals surface area contributed by atoms with E-state index in [-0.39, 0.29) is 35.8 Å². The summed E-state index contributed by atoms with van der Waals surface area (Å²) in [5.41, 5.74) is -1.44. The second-order valence-corrected chi connectivity index (χ2v) is 11.4. The number of thiazole rings is 1. The molecule has 1 saturated carbocycles. The summed E-state index contributed by atoms with van der Waals surface area (Å²) in [7, 11) is 1.62. The normalized spacial score (nSPS) is 25.1. The topological polar surface area (TPSA) is 95.3 Å². The van der Waals surface area contributed by atoms with Crippen LogP contribution in [0.5, 0.6) is 0 Å². The number of oxime groups is 1. The van der Waals surface area contributed by atoms with Crippen LogP contribution in [-0.2, 0) is 27.9 Å². The van der Waals surface area contributed by atoms with Crippen LogP contribution in [0.25, 0.3) is 0 Å². The molecule has 0 bridgehead atoms. The van der Waals surface area contributed by atoms with Crippen molar-refractivity contribution in [3.8, 4) is 0 Å². The predicted octanol–water partition coefficient (Wildman–Crippen LogP) is 5.38. The van der Waals surface area contributed by atoms with Crippen LogP contribution < -0.4 is 0 Å². The summed E-state index contributed by atoms with van der Waals surface area (Å²) in [6.07, 6.45) is 1.87. The summed E-state index contributed by atoms with van der Waals surface area (Å²) in [5.74, 6) is 0.240. The van der Waals surface area contributed by atoms with Crippen LogP contribution in [0.2, 0.25) is 0 Å². The first kappa shape index (κ1) is 28.7. The molecule has 1 saturated heterocycles. The molecule has 2 fully saturated rings. The van der Waals surface area contributed by atoms with E-state index in [0.29, 0.717) is 31.9 Å². The highest BCUT2D eigenvalue weighted by molar-refractivity contribution is 7.11. The number of alkyl halides is 3. The number of hydrogen-bond acceptors (Lipinski definition) is 8. The first-order valence-corrected chi connectivity index (χ1v) is 13.7. The molecule has 0 spiro atoms. The molecular formula is C27H34F3N3O4S. The zero-order valence-corrected chi connectivity index (χ0v) is 22.2. The minimum absolute atomic E-state index is 0.0139. The summed E-state index contributed by atoms with van der Waals surface area (Å²) < 4.78 is 44.2. The smallest absolute Gasteiger partial charge is 0.411 e. The molecule has 7 nitrogen and oxygen atoms in total. The third-order valence-electron chi connectivity index (χ3n) is 7.70. The molecule has 2 N–H and O–H groups in total. The van der Waals surface area contributed by atoms with E-state index in [9.17, 15) is 28.3 Å². The number of benzene rings is 1. The van der Waals surface area contributed by atoms with Crippen LogP contribution in [0.4, 0.5) is 13.2 Å². The first-order valence-electron chi connectivity index (χ1n) is 12.9. The molecule has 1 atom stereocenters. The highest BCUT2D eigenvalue weighted by atomic mass is 32.1. The Hall–Kier alpha value is -2.34. The first-order chi connectivity index (χ1) is 18.1. The standard InChI is InChI=1S/C27H34F3N3O4S/c1-37-17-25-31-15-24(38-25)26(35)10-7-21(8-11-26)33-12-9-18(16-33)13-22(34)5-6-23(32-36)19-3-2-4-20(14-19)27(28,29)30/h2-4,14-15,18,21,35-36H,5-13,16-17H2,1H3. The maximum atomic E-state index is 13.0. The third-order valence-corrected chi connectivity index (χ3v) is 8.86. The average molecular weight is 554 g/mol. The lowest BCUT2D eigenvalue weighted by atomic mass is 9.81. The van der Waals surface area contributed by atoms with E-state index in [1.54, 1.807) is 13.3 Å². The summed E-state index contributed by atoms with van der Waals surface area (Å²) in [6, 6.07) is 4.98.